The van der Waals surface area contributed by atoms with Crippen LogP contribution in [0.3, 0.4) is 0 Å². The Bertz CT molecular complexity index is 702. The Balaban J connectivity index is 2.29. The average molecular weight is 320 g/mol. The van der Waals surface area contributed by atoms with Crippen molar-refractivity contribution in [3.8, 4) is 0 Å². The lowest BCUT2D eigenvalue weighted by Crippen LogP contribution is -2.16. The van der Waals surface area contributed by atoms with Crippen molar-refractivity contribution in [3.05, 3.63) is 52.2 Å². The van der Waals surface area contributed by atoms with Gasteiger partial charge in [0.05, 0.1) is 6.61 Å². The van der Waals surface area contributed by atoms with Crippen LogP contribution in [0.15, 0.2) is 30.3 Å². The molecule has 5 nitrogen and oxygen atoms in total. The van der Waals surface area contributed by atoms with E-state index in [4.69, 9.17) is 11.6 Å². The molecule has 1 aromatic carbocycles. The van der Waals surface area contributed by atoms with Crippen molar-refractivity contribution in [2.75, 3.05) is 24.3 Å². The van der Waals surface area contributed by atoms with Gasteiger partial charge in [-0.1, -0.05) is 23.7 Å². The number of benzene rings is 1. The van der Waals surface area contributed by atoms with Gasteiger partial charge in [-0.2, -0.15) is 0 Å². The molecule has 2 N–H and O–H groups in total. The zero-order valence-electron chi connectivity index (χ0n) is 12.7. The number of aromatic nitrogens is 1. The third kappa shape index (κ3) is 3.75. The number of anilines is 2. The lowest BCUT2D eigenvalue weighted by atomic mass is 10.1. The van der Waals surface area contributed by atoms with E-state index in [0.29, 0.717) is 17.1 Å². The maximum atomic E-state index is 12.4. The summed E-state index contributed by atoms with van der Waals surface area (Å²) < 4.78 is 0. The fourth-order valence-corrected chi connectivity index (χ4v) is 2.14. The topological polar surface area (TPSA) is 65.5 Å². The van der Waals surface area contributed by atoms with E-state index in [0.717, 1.165) is 11.1 Å². The summed E-state index contributed by atoms with van der Waals surface area (Å²) >= 11 is 5.97. The molecule has 0 spiro atoms. The van der Waals surface area contributed by atoms with E-state index in [1.807, 2.05) is 33.2 Å². The molecule has 22 heavy (non-hydrogen) atoms. The first-order chi connectivity index (χ1) is 10.4. The number of nitrogens with zero attached hydrogens (tertiary/aromatic N) is 2. The maximum absolute atomic E-state index is 12.4. The Kier molecular flexibility index (Phi) is 5.00. The van der Waals surface area contributed by atoms with Gasteiger partial charge in [-0.15, -0.1) is 0 Å². The highest BCUT2D eigenvalue weighted by Gasteiger charge is 2.12. The van der Waals surface area contributed by atoms with Gasteiger partial charge in [-0.05, 0) is 36.2 Å². The number of nitrogens with one attached hydrogen (secondary N) is 1. The highest BCUT2D eigenvalue weighted by molar-refractivity contribution is 6.30. The molecule has 0 fully saturated rings. The Morgan fingerprint density at radius 2 is 2.05 bits per heavy atom. The van der Waals surface area contributed by atoms with E-state index in [2.05, 4.69) is 10.3 Å². The zero-order chi connectivity index (χ0) is 16.3. The van der Waals surface area contributed by atoms with Gasteiger partial charge in [0.15, 0.2) is 0 Å². The minimum absolute atomic E-state index is 0.0744. The Morgan fingerprint density at radius 1 is 1.32 bits per heavy atom. The van der Waals surface area contributed by atoms with Crippen LogP contribution in [0, 0.1) is 6.92 Å². The molecule has 1 heterocycles. The Hall–Kier alpha value is -2.11. The van der Waals surface area contributed by atoms with Crippen LogP contribution in [0.5, 0.6) is 0 Å². The molecule has 0 aliphatic heterocycles. The summed E-state index contributed by atoms with van der Waals surface area (Å²) in [6, 6.07) is 8.62. The maximum Gasteiger partial charge on any atom is 0.255 e. The Morgan fingerprint density at radius 3 is 2.68 bits per heavy atom. The van der Waals surface area contributed by atoms with Crippen molar-refractivity contribution in [2.45, 2.75) is 13.5 Å². The molecule has 0 unspecified atom stereocenters. The molecular weight excluding hydrogens is 302 g/mol. The third-order valence-corrected chi connectivity index (χ3v) is 3.43. The van der Waals surface area contributed by atoms with Crippen molar-refractivity contribution in [2.24, 2.45) is 0 Å². The van der Waals surface area contributed by atoms with Gasteiger partial charge in [0, 0.05) is 25.3 Å². The lowest BCUT2D eigenvalue weighted by molar-refractivity contribution is 0.102. The Labute approximate surface area is 134 Å². The van der Waals surface area contributed by atoms with Crippen molar-refractivity contribution in [1.82, 2.24) is 4.98 Å². The van der Waals surface area contributed by atoms with Crippen LogP contribution in [-0.2, 0) is 6.61 Å². The average Bonchev–Trinajstić information content (AvgIpc) is 2.48. The molecule has 0 radical (unpaired) electrons. The minimum Gasteiger partial charge on any atom is -0.392 e. The molecule has 1 amide bonds. The second-order valence-electron chi connectivity index (χ2n) is 5.19. The molecule has 0 saturated carbocycles. The first kappa shape index (κ1) is 16.3. The van der Waals surface area contributed by atoms with Crippen LogP contribution >= 0.6 is 11.6 Å². The van der Waals surface area contributed by atoms with Crippen LogP contribution < -0.4 is 10.2 Å². The summed E-state index contributed by atoms with van der Waals surface area (Å²) in [5.74, 6) is 0.337. The second-order valence-corrected chi connectivity index (χ2v) is 5.58. The standard InChI is InChI=1S/C16H18ClN3O2/c1-10-4-5-11(9-21)6-13(10)18-16(22)12-7-14(17)19-15(8-12)20(2)3/h4-8,21H,9H2,1-3H3,(H,18,22). The number of rotatable bonds is 4. The van der Waals surface area contributed by atoms with Crippen molar-refractivity contribution >= 4 is 29.0 Å². The predicted molar refractivity (Wildman–Crippen MR) is 88.6 cm³/mol. The van der Waals surface area contributed by atoms with E-state index in [1.165, 1.54) is 6.07 Å². The summed E-state index contributed by atoms with van der Waals surface area (Å²) in [7, 11) is 3.66. The number of hydrogen-bond donors (Lipinski definition) is 2. The summed E-state index contributed by atoms with van der Waals surface area (Å²) in [5.41, 5.74) is 2.74. The molecule has 116 valence electrons. The molecule has 2 aromatic rings. The monoisotopic (exact) mass is 319 g/mol. The number of aliphatic hydroxyl groups excluding tert-OH is 1. The van der Waals surface area contributed by atoms with Crippen LogP contribution in [-0.4, -0.2) is 30.1 Å². The summed E-state index contributed by atoms with van der Waals surface area (Å²) in [6.07, 6.45) is 0. The van der Waals surface area contributed by atoms with Crippen molar-refractivity contribution < 1.29 is 9.90 Å². The normalized spacial score (nSPS) is 10.4. The van der Waals surface area contributed by atoms with E-state index in [1.54, 1.807) is 17.0 Å². The van der Waals surface area contributed by atoms with E-state index in [9.17, 15) is 9.90 Å². The number of aliphatic hydroxyl groups is 1. The van der Waals surface area contributed by atoms with Crippen LogP contribution in [0.4, 0.5) is 11.5 Å². The van der Waals surface area contributed by atoms with E-state index < -0.39 is 0 Å². The molecule has 0 aliphatic carbocycles. The molecule has 0 atom stereocenters. The molecule has 0 saturated heterocycles. The molecule has 6 heteroatoms. The number of pyridine rings is 1. The van der Waals surface area contributed by atoms with Gasteiger partial charge < -0.3 is 15.3 Å². The molecule has 1 aromatic heterocycles. The minimum atomic E-state index is -0.273. The molecule has 2 rings (SSSR count). The third-order valence-electron chi connectivity index (χ3n) is 3.23. The van der Waals surface area contributed by atoms with Crippen LogP contribution in [0.1, 0.15) is 21.5 Å². The van der Waals surface area contributed by atoms with Crippen molar-refractivity contribution in [3.63, 3.8) is 0 Å². The number of halogens is 1. The summed E-state index contributed by atoms with van der Waals surface area (Å²) in [5, 5.41) is 12.3. The number of amides is 1. The summed E-state index contributed by atoms with van der Waals surface area (Å²) in [4.78, 5) is 18.3. The van der Waals surface area contributed by atoms with Gasteiger partial charge in [-0.3, -0.25) is 4.79 Å². The largest absolute Gasteiger partial charge is 0.392 e. The van der Waals surface area contributed by atoms with Gasteiger partial charge in [-0.25, -0.2) is 4.98 Å². The lowest BCUT2D eigenvalue weighted by Gasteiger charge is -2.14. The smallest absolute Gasteiger partial charge is 0.255 e. The molecule has 0 bridgehead atoms. The second kappa shape index (κ2) is 6.77. The first-order valence-corrected chi connectivity index (χ1v) is 7.15. The number of carbonyl (C=O) groups excluding carboxylic acids is 1. The first-order valence-electron chi connectivity index (χ1n) is 6.77. The zero-order valence-corrected chi connectivity index (χ0v) is 13.5. The van der Waals surface area contributed by atoms with Gasteiger partial charge in [0.25, 0.3) is 5.91 Å². The summed E-state index contributed by atoms with van der Waals surface area (Å²) in [6.45, 7) is 1.82. The molecule has 0 aliphatic rings. The highest BCUT2D eigenvalue weighted by Crippen LogP contribution is 2.20. The number of carbonyl (C=O) groups is 1. The van der Waals surface area contributed by atoms with Gasteiger partial charge in [0.1, 0.15) is 11.0 Å². The highest BCUT2D eigenvalue weighted by atomic mass is 35.5. The van der Waals surface area contributed by atoms with Crippen molar-refractivity contribution in [1.29, 1.82) is 0 Å². The fourth-order valence-electron chi connectivity index (χ4n) is 1.94. The van der Waals surface area contributed by atoms with E-state index in [-0.39, 0.29) is 17.7 Å². The quantitative estimate of drug-likeness (QED) is 0.850. The SMILES string of the molecule is Cc1ccc(CO)cc1NC(=O)c1cc(Cl)nc(N(C)C)c1. The van der Waals surface area contributed by atoms with Gasteiger partial charge in [0.2, 0.25) is 0 Å². The van der Waals surface area contributed by atoms with E-state index >= 15 is 0 Å². The molecular formula is C16H18ClN3O2. The van der Waals surface area contributed by atoms with Crippen LogP contribution in [0.2, 0.25) is 5.15 Å². The van der Waals surface area contributed by atoms with Gasteiger partial charge >= 0.3 is 0 Å². The fraction of sp³-hybridized carbons (Fsp3) is 0.250. The predicted octanol–water partition coefficient (Wildman–Crippen LogP) is 2.85. The number of aryl methyl sites for hydroxylation is 1. The number of hydrogen-bond acceptors (Lipinski definition) is 4. The van der Waals surface area contributed by atoms with Crippen LogP contribution in [0.25, 0.3) is 0 Å².